The van der Waals surface area contributed by atoms with Crippen molar-refractivity contribution in [3.63, 3.8) is 0 Å². The Morgan fingerprint density at radius 3 is 2.69 bits per heavy atom. The van der Waals surface area contributed by atoms with Crippen LogP contribution in [-0.2, 0) is 0 Å². The summed E-state index contributed by atoms with van der Waals surface area (Å²) in [6.45, 7) is 0. The molecule has 1 nitrogen and oxygen atoms in total. The third-order valence-corrected chi connectivity index (χ3v) is 3.75. The Morgan fingerprint density at radius 2 is 2.15 bits per heavy atom. The molecule has 0 aliphatic heterocycles. The fourth-order valence-corrected chi connectivity index (χ4v) is 2.56. The fraction of sp³-hybridized carbons (Fsp3) is 0.400. The Kier molecular flexibility index (Phi) is 2.44. The minimum absolute atomic E-state index is 0.254. The average molecular weight is 197 g/mol. The van der Waals surface area contributed by atoms with Crippen molar-refractivity contribution in [3.05, 3.63) is 24.0 Å². The summed E-state index contributed by atoms with van der Waals surface area (Å²) < 4.78 is 12.7. The zero-order valence-corrected chi connectivity index (χ0v) is 8.11. The van der Waals surface area contributed by atoms with E-state index in [9.17, 15) is 4.39 Å². The molecule has 0 atom stereocenters. The molecule has 70 valence electrons. The molecule has 1 aromatic rings. The molecule has 13 heavy (non-hydrogen) atoms. The van der Waals surface area contributed by atoms with Crippen molar-refractivity contribution >= 4 is 17.4 Å². The average Bonchev–Trinajstić information content (AvgIpc) is 1.99. The summed E-state index contributed by atoms with van der Waals surface area (Å²) in [6, 6.07) is 4.63. The van der Waals surface area contributed by atoms with E-state index in [0.717, 1.165) is 4.90 Å². The predicted octanol–water partition coefficient (Wildman–Crippen LogP) is 3.05. The van der Waals surface area contributed by atoms with Gasteiger partial charge in [0.25, 0.3) is 0 Å². The Morgan fingerprint density at radius 1 is 1.38 bits per heavy atom. The second kappa shape index (κ2) is 3.58. The standard InChI is InChI=1S/C10H12FNS/c11-7-4-5-10(9(12)6-7)13-8-2-1-3-8/h4-6,8H,1-3,12H2. The molecule has 1 aliphatic rings. The van der Waals surface area contributed by atoms with E-state index in [0.29, 0.717) is 10.9 Å². The second-order valence-corrected chi connectivity index (χ2v) is 4.70. The van der Waals surface area contributed by atoms with Crippen LogP contribution < -0.4 is 5.73 Å². The van der Waals surface area contributed by atoms with Crippen molar-refractivity contribution in [2.45, 2.75) is 29.4 Å². The largest absolute Gasteiger partial charge is 0.398 e. The number of benzene rings is 1. The molecule has 2 rings (SSSR count). The van der Waals surface area contributed by atoms with E-state index in [2.05, 4.69) is 0 Å². The van der Waals surface area contributed by atoms with E-state index in [-0.39, 0.29) is 5.82 Å². The summed E-state index contributed by atoms with van der Waals surface area (Å²) in [4.78, 5) is 1.02. The van der Waals surface area contributed by atoms with Crippen LogP contribution in [0, 0.1) is 5.82 Å². The highest BCUT2D eigenvalue weighted by Crippen LogP contribution is 2.38. The maximum Gasteiger partial charge on any atom is 0.125 e. The van der Waals surface area contributed by atoms with Gasteiger partial charge in [0.1, 0.15) is 5.82 Å². The van der Waals surface area contributed by atoms with E-state index >= 15 is 0 Å². The molecule has 0 spiro atoms. The van der Waals surface area contributed by atoms with Gasteiger partial charge in [-0.15, -0.1) is 11.8 Å². The molecule has 0 unspecified atom stereocenters. The van der Waals surface area contributed by atoms with Crippen molar-refractivity contribution in [1.29, 1.82) is 0 Å². The number of thioether (sulfide) groups is 1. The van der Waals surface area contributed by atoms with Crippen LogP contribution in [0.3, 0.4) is 0 Å². The van der Waals surface area contributed by atoms with Crippen molar-refractivity contribution < 1.29 is 4.39 Å². The maximum atomic E-state index is 12.7. The molecule has 0 amide bonds. The van der Waals surface area contributed by atoms with Crippen LogP contribution in [0.2, 0.25) is 0 Å². The van der Waals surface area contributed by atoms with Gasteiger partial charge in [0.05, 0.1) is 0 Å². The third-order valence-electron chi connectivity index (χ3n) is 2.32. The number of halogens is 1. The Labute approximate surface area is 81.5 Å². The second-order valence-electron chi connectivity index (χ2n) is 3.35. The normalized spacial score (nSPS) is 17.0. The van der Waals surface area contributed by atoms with Crippen LogP contribution in [0.4, 0.5) is 10.1 Å². The first-order chi connectivity index (χ1) is 6.25. The Balaban J connectivity index is 2.10. The number of anilines is 1. The summed E-state index contributed by atoms with van der Waals surface area (Å²) in [5.41, 5.74) is 6.25. The molecule has 0 saturated heterocycles. The van der Waals surface area contributed by atoms with Crippen molar-refractivity contribution in [2.24, 2.45) is 0 Å². The third kappa shape index (κ3) is 1.97. The predicted molar refractivity (Wildman–Crippen MR) is 54.3 cm³/mol. The van der Waals surface area contributed by atoms with Crippen LogP contribution >= 0.6 is 11.8 Å². The SMILES string of the molecule is Nc1cc(F)ccc1SC1CCC1. The number of hydrogen-bond donors (Lipinski definition) is 1. The van der Waals surface area contributed by atoms with Gasteiger partial charge in [0.15, 0.2) is 0 Å². The minimum Gasteiger partial charge on any atom is -0.398 e. The van der Waals surface area contributed by atoms with E-state index in [4.69, 9.17) is 5.73 Å². The van der Waals surface area contributed by atoms with Gasteiger partial charge in [0.2, 0.25) is 0 Å². The van der Waals surface area contributed by atoms with Crippen molar-refractivity contribution in [2.75, 3.05) is 5.73 Å². The number of hydrogen-bond acceptors (Lipinski definition) is 2. The highest BCUT2D eigenvalue weighted by atomic mass is 32.2. The summed E-state index contributed by atoms with van der Waals surface area (Å²) in [5, 5.41) is 0.702. The quantitative estimate of drug-likeness (QED) is 0.737. The highest BCUT2D eigenvalue weighted by molar-refractivity contribution is 8.00. The van der Waals surface area contributed by atoms with Gasteiger partial charge >= 0.3 is 0 Å². The summed E-state index contributed by atoms with van der Waals surface area (Å²) in [5.74, 6) is -0.254. The van der Waals surface area contributed by atoms with Crippen molar-refractivity contribution in [3.8, 4) is 0 Å². The Hall–Kier alpha value is -0.700. The molecule has 1 saturated carbocycles. The molecule has 0 aromatic heterocycles. The van der Waals surface area contributed by atoms with E-state index in [1.807, 2.05) is 0 Å². The minimum atomic E-state index is -0.254. The van der Waals surface area contributed by atoms with Gasteiger partial charge in [0, 0.05) is 15.8 Å². The molecule has 2 N–H and O–H groups in total. The highest BCUT2D eigenvalue weighted by Gasteiger charge is 2.19. The summed E-state index contributed by atoms with van der Waals surface area (Å²) >= 11 is 1.77. The lowest BCUT2D eigenvalue weighted by Crippen LogP contribution is -2.13. The van der Waals surface area contributed by atoms with Gasteiger partial charge < -0.3 is 5.73 Å². The zero-order chi connectivity index (χ0) is 9.26. The molecule has 0 radical (unpaired) electrons. The van der Waals surface area contributed by atoms with Crippen LogP contribution in [0.1, 0.15) is 19.3 Å². The van der Waals surface area contributed by atoms with Gasteiger partial charge in [-0.05, 0) is 31.0 Å². The number of nitrogen functional groups attached to an aromatic ring is 1. The van der Waals surface area contributed by atoms with Crippen LogP contribution in [-0.4, -0.2) is 5.25 Å². The first kappa shape index (κ1) is 8.88. The maximum absolute atomic E-state index is 12.7. The van der Waals surface area contributed by atoms with Crippen LogP contribution in [0.5, 0.6) is 0 Å². The lowest BCUT2D eigenvalue weighted by Gasteiger charge is -2.24. The number of rotatable bonds is 2. The first-order valence-corrected chi connectivity index (χ1v) is 5.35. The van der Waals surface area contributed by atoms with Crippen LogP contribution in [0.25, 0.3) is 0 Å². The van der Waals surface area contributed by atoms with Gasteiger partial charge in [-0.3, -0.25) is 0 Å². The number of nitrogens with two attached hydrogens (primary N) is 1. The molecule has 1 fully saturated rings. The van der Waals surface area contributed by atoms with Crippen molar-refractivity contribution in [1.82, 2.24) is 0 Å². The van der Waals surface area contributed by atoms with E-state index < -0.39 is 0 Å². The van der Waals surface area contributed by atoms with E-state index in [1.165, 1.54) is 31.4 Å². The molecule has 3 heteroatoms. The topological polar surface area (TPSA) is 26.0 Å². The summed E-state index contributed by atoms with van der Waals surface area (Å²) in [7, 11) is 0. The van der Waals surface area contributed by atoms with Gasteiger partial charge in [-0.25, -0.2) is 4.39 Å². The van der Waals surface area contributed by atoms with E-state index in [1.54, 1.807) is 17.8 Å². The van der Waals surface area contributed by atoms with Gasteiger partial charge in [-0.1, -0.05) is 6.42 Å². The lowest BCUT2D eigenvalue weighted by molar-refractivity contribution is 0.522. The molecule has 0 heterocycles. The molecule has 1 aromatic carbocycles. The molecular weight excluding hydrogens is 185 g/mol. The summed E-state index contributed by atoms with van der Waals surface area (Å²) in [6.07, 6.45) is 3.85. The van der Waals surface area contributed by atoms with Gasteiger partial charge in [-0.2, -0.15) is 0 Å². The first-order valence-electron chi connectivity index (χ1n) is 4.47. The fourth-order valence-electron chi connectivity index (χ4n) is 1.29. The molecule has 1 aliphatic carbocycles. The molecule has 0 bridgehead atoms. The Bertz CT molecular complexity index is 310. The zero-order valence-electron chi connectivity index (χ0n) is 7.29. The monoisotopic (exact) mass is 197 g/mol. The molecular formula is C10H12FNS. The smallest absolute Gasteiger partial charge is 0.125 e. The van der Waals surface area contributed by atoms with Crippen LogP contribution in [0.15, 0.2) is 23.1 Å². The lowest BCUT2D eigenvalue weighted by atomic mass is 10.0.